The van der Waals surface area contributed by atoms with Gasteiger partial charge in [-0.25, -0.2) is 0 Å². The van der Waals surface area contributed by atoms with Crippen LogP contribution in [0.1, 0.15) is 45.1 Å². The fraction of sp³-hybridized carbons (Fsp3) is 0.565. The molecule has 12 heteroatoms. The van der Waals surface area contributed by atoms with Gasteiger partial charge in [0.15, 0.2) is 5.60 Å². The lowest BCUT2D eigenvalue weighted by atomic mass is 9.72. The van der Waals surface area contributed by atoms with E-state index in [2.05, 4.69) is 10.6 Å². The Balaban J connectivity index is 2.48. The normalized spacial score (nSPS) is 20.4. The van der Waals surface area contributed by atoms with Gasteiger partial charge in [0.1, 0.15) is 5.54 Å². The SMILES string of the molecule is CC(C)CC(NC(=O)CC(O)(c1ccccc1)C(F)(F)F)(C(N)=O)[C@H](C[C@H]1CCNC1=O)C(N)=O. The molecule has 1 saturated heterocycles. The lowest BCUT2D eigenvalue weighted by Crippen LogP contribution is -2.66. The van der Waals surface area contributed by atoms with Crippen LogP contribution in [0.5, 0.6) is 0 Å². The molecule has 0 aromatic heterocycles. The molecule has 4 amide bonds. The summed E-state index contributed by atoms with van der Waals surface area (Å²) < 4.78 is 41.7. The van der Waals surface area contributed by atoms with E-state index in [0.717, 1.165) is 12.1 Å². The van der Waals surface area contributed by atoms with Crippen molar-refractivity contribution in [3.8, 4) is 0 Å². The largest absolute Gasteiger partial charge is 0.421 e. The molecule has 0 bridgehead atoms. The molecule has 1 fully saturated rings. The Morgan fingerprint density at radius 1 is 1.17 bits per heavy atom. The Labute approximate surface area is 200 Å². The van der Waals surface area contributed by atoms with Gasteiger partial charge in [-0.15, -0.1) is 0 Å². The first-order chi connectivity index (χ1) is 16.1. The maximum atomic E-state index is 13.9. The number of alkyl halides is 3. The number of amides is 4. The van der Waals surface area contributed by atoms with Gasteiger partial charge in [0.25, 0.3) is 0 Å². The summed E-state index contributed by atoms with van der Waals surface area (Å²) in [6.07, 6.45) is -6.87. The predicted octanol–water partition coefficient (Wildman–Crippen LogP) is 0.841. The number of carbonyl (C=O) groups excluding carboxylic acids is 4. The molecule has 1 aromatic rings. The molecule has 1 aromatic carbocycles. The maximum absolute atomic E-state index is 13.9. The molecule has 4 atom stereocenters. The number of halogens is 3. The molecule has 0 radical (unpaired) electrons. The predicted molar refractivity (Wildman–Crippen MR) is 119 cm³/mol. The van der Waals surface area contributed by atoms with Crippen LogP contribution in [-0.4, -0.2) is 47.0 Å². The zero-order valence-corrected chi connectivity index (χ0v) is 19.5. The second kappa shape index (κ2) is 10.6. The Kier molecular flexibility index (Phi) is 8.53. The standard InChI is InChI=1S/C23H31F3N4O5/c1-13(2)11-21(20(28)34,16(18(27)32)10-14-8-9-29-19(14)33)30-17(31)12-22(35,23(24,25)26)15-6-4-3-5-7-15/h3-7,13-14,16,35H,8-12H2,1-2H3,(H2,27,32)(H2,28,34)(H,29,33)(H,30,31)/t14-,16-,21?,22?/m1/s1. The van der Waals surface area contributed by atoms with E-state index in [1.165, 1.54) is 18.2 Å². The maximum Gasteiger partial charge on any atom is 0.421 e. The number of hydrogen-bond acceptors (Lipinski definition) is 5. The van der Waals surface area contributed by atoms with E-state index in [1.54, 1.807) is 13.8 Å². The number of aliphatic hydroxyl groups is 1. The Morgan fingerprint density at radius 3 is 2.20 bits per heavy atom. The molecule has 7 N–H and O–H groups in total. The lowest BCUT2D eigenvalue weighted by Gasteiger charge is -2.40. The summed E-state index contributed by atoms with van der Waals surface area (Å²) in [7, 11) is 0. The highest BCUT2D eigenvalue weighted by molar-refractivity contribution is 5.96. The van der Waals surface area contributed by atoms with E-state index in [0.29, 0.717) is 13.0 Å². The molecular formula is C23H31F3N4O5. The molecule has 1 aliphatic heterocycles. The van der Waals surface area contributed by atoms with Crippen LogP contribution in [0.15, 0.2) is 30.3 Å². The smallest absolute Gasteiger partial charge is 0.376 e. The fourth-order valence-electron chi connectivity index (χ4n) is 4.58. The van der Waals surface area contributed by atoms with Crippen molar-refractivity contribution < 1.29 is 37.5 Å². The third-order valence-corrected chi connectivity index (χ3v) is 6.29. The van der Waals surface area contributed by atoms with Gasteiger partial charge in [-0.05, 0) is 30.7 Å². The molecule has 2 unspecified atom stereocenters. The van der Waals surface area contributed by atoms with Crippen LogP contribution in [0.25, 0.3) is 0 Å². The van der Waals surface area contributed by atoms with E-state index in [-0.39, 0.29) is 24.7 Å². The second-order valence-electron chi connectivity index (χ2n) is 9.35. The van der Waals surface area contributed by atoms with Gasteiger partial charge in [-0.2, -0.15) is 13.2 Å². The number of carbonyl (C=O) groups is 4. The van der Waals surface area contributed by atoms with Crippen molar-refractivity contribution in [1.29, 1.82) is 0 Å². The first kappa shape index (κ1) is 28.1. The molecule has 0 saturated carbocycles. The van der Waals surface area contributed by atoms with Crippen LogP contribution in [0, 0.1) is 17.8 Å². The van der Waals surface area contributed by atoms with Crippen molar-refractivity contribution in [1.82, 2.24) is 10.6 Å². The highest BCUT2D eigenvalue weighted by Crippen LogP contribution is 2.42. The first-order valence-corrected chi connectivity index (χ1v) is 11.2. The van der Waals surface area contributed by atoms with Gasteiger partial charge in [0, 0.05) is 12.5 Å². The molecule has 1 aliphatic rings. The first-order valence-electron chi connectivity index (χ1n) is 11.2. The zero-order chi connectivity index (χ0) is 26.6. The van der Waals surface area contributed by atoms with Crippen molar-refractivity contribution in [2.45, 2.75) is 56.8 Å². The number of benzene rings is 1. The average Bonchev–Trinajstić information content (AvgIpc) is 3.14. The molecule has 194 valence electrons. The highest BCUT2D eigenvalue weighted by Gasteiger charge is 2.57. The summed E-state index contributed by atoms with van der Waals surface area (Å²) in [4.78, 5) is 50.3. The second-order valence-corrected chi connectivity index (χ2v) is 9.35. The Morgan fingerprint density at radius 2 is 1.77 bits per heavy atom. The molecule has 1 heterocycles. The van der Waals surface area contributed by atoms with Gasteiger partial charge in [0.2, 0.25) is 23.6 Å². The minimum atomic E-state index is -5.25. The van der Waals surface area contributed by atoms with Crippen molar-refractivity contribution >= 4 is 23.6 Å². The summed E-state index contributed by atoms with van der Waals surface area (Å²) in [5, 5.41) is 15.4. The van der Waals surface area contributed by atoms with Gasteiger partial charge < -0.3 is 27.2 Å². The van der Waals surface area contributed by atoms with Crippen LogP contribution in [0.4, 0.5) is 13.2 Å². The minimum Gasteiger partial charge on any atom is -0.376 e. The molecular weight excluding hydrogens is 469 g/mol. The van der Waals surface area contributed by atoms with E-state index < -0.39 is 58.9 Å². The number of primary amides is 2. The van der Waals surface area contributed by atoms with Crippen LogP contribution in [-0.2, 0) is 24.8 Å². The van der Waals surface area contributed by atoms with Gasteiger partial charge in [0.05, 0.1) is 12.3 Å². The van der Waals surface area contributed by atoms with E-state index in [9.17, 15) is 37.5 Å². The summed E-state index contributed by atoms with van der Waals surface area (Å²) in [5.74, 6) is -6.51. The van der Waals surface area contributed by atoms with Crippen LogP contribution >= 0.6 is 0 Å². The summed E-state index contributed by atoms with van der Waals surface area (Å²) >= 11 is 0. The highest BCUT2D eigenvalue weighted by atomic mass is 19.4. The zero-order valence-electron chi connectivity index (χ0n) is 19.5. The quantitative estimate of drug-likeness (QED) is 0.303. The monoisotopic (exact) mass is 500 g/mol. The van der Waals surface area contributed by atoms with Gasteiger partial charge in [-0.3, -0.25) is 19.2 Å². The van der Waals surface area contributed by atoms with Crippen LogP contribution in [0.2, 0.25) is 0 Å². The third kappa shape index (κ3) is 6.11. The fourth-order valence-corrected chi connectivity index (χ4v) is 4.58. The van der Waals surface area contributed by atoms with E-state index in [4.69, 9.17) is 11.5 Å². The summed E-state index contributed by atoms with van der Waals surface area (Å²) in [6.45, 7) is 3.64. The number of hydrogen-bond donors (Lipinski definition) is 5. The number of rotatable bonds is 11. The van der Waals surface area contributed by atoms with Crippen LogP contribution in [0.3, 0.4) is 0 Å². The van der Waals surface area contributed by atoms with Gasteiger partial charge >= 0.3 is 6.18 Å². The minimum absolute atomic E-state index is 0.230. The van der Waals surface area contributed by atoms with E-state index in [1.807, 2.05) is 0 Å². The van der Waals surface area contributed by atoms with Crippen molar-refractivity contribution in [2.75, 3.05) is 6.54 Å². The molecule has 9 nitrogen and oxygen atoms in total. The van der Waals surface area contributed by atoms with Crippen molar-refractivity contribution in [3.05, 3.63) is 35.9 Å². The van der Waals surface area contributed by atoms with Crippen molar-refractivity contribution in [2.24, 2.45) is 29.2 Å². The average molecular weight is 501 g/mol. The lowest BCUT2D eigenvalue weighted by molar-refractivity contribution is -0.267. The van der Waals surface area contributed by atoms with Gasteiger partial charge in [-0.1, -0.05) is 44.2 Å². The molecule has 2 rings (SSSR count). The topological polar surface area (TPSA) is 165 Å². The number of nitrogens with two attached hydrogens (primary N) is 2. The molecule has 0 aliphatic carbocycles. The summed E-state index contributed by atoms with van der Waals surface area (Å²) in [5.41, 5.74) is 4.86. The Hall–Kier alpha value is -3.15. The molecule has 0 spiro atoms. The van der Waals surface area contributed by atoms with Crippen LogP contribution < -0.4 is 22.1 Å². The van der Waals surface area contributed by atoms with Crippen molar-refractivity contribution in [3.63, 3.8) is 0 Å². The summed E-state index contributed by atoms with van der Waals surface area (Å²) in [6, 6.07) is 6.01. The van der Waals surface area contributed by atoms with E-state index >= 15 is 0 Å². The number of nitrogens with one attached hydrogen (secondary N) is 2. The molecule has 35 heavy (non-hydrogen) atoms. The Bertz CT molecular complexity index is 956. The third-order valence-electron chi connectivity index (χ3n) is 6.29.